The summed E-state index contributed by atoms with van der Waals surface area (Å²) in [5.74, 6) is 0. The van der Waals surface area contributed by atoms with Crippen LogP contribution in [0, 0.1) is 0 Å². The van der Waals surface area contributed by atoms with Gasteiger partial charge in [-0.1, -0.05) is 41.5 Å². The van der Waals surface area contributed by atoms with Gasteiger partial charge in [0.1, 0.15) is 12.3 Å². The normalized spacial score (nSPS) is 24.2. The number of hydrogen-bond donors (Lipinski definition) is 2. The van der Waals surface area contributed by atoms with Crippen LogP contribution < -0.4 is 11.2 Å². The van der Waals surface area contributed by atoms with Crippen LogP contribution in [0.2, 0.25) is 16.6 Å². The molecule has 2 rings (SSSR count). The highest BCUT2D eigenvalue weighted by Gasteiger charge is 2.46. The SMILES string of the molecule is CC(C)[Si](OCC1OC(n2ccc(=O)[nH]c2=O)CC1O)(C(C)C)C(C)C. The van der Waals surface area contributed by atoms with Gasteiger partial charge in [0.15, 0.2) is 8.32 Å². The smallest absolute Gasteiger partial charge is 0.330 e. The van der Waals surface area contributed by atoms with E-state index in [4.69, 9.17) is 9.16 Å². The molecule has 1 fully saturated rings. The van der Waals surface area contributed by atoms with Gasteiger partial charge >= 0.3 is 5.69 Å². The molecule has 1 saturated heterocycles. The first kappa shape index (κ1) is 21.1. The molecule has 0 bridgehead atoms. The number of aliphatic hydroxyl groups excluding tert-OH is 1. The number of aromatic amines is 1. The molecular weight excluding hydrogens is 352 g/mol. The predicted molar refractivity (Wildman–Crippen MR) is 103 cm³/mol. The first-order valence-corrected chi connectivity index (χ1v) is 11.5. The Labute approximate surface area is 155 Å². The highest BCUT2D eigenvalue weighted by Crippen LogP contribution is 2.43. The molecule has 148 valence electrons. The maximum absolute atomic E-state index is 11.9. The van der Waals surface area contributed by atoms with Crippen LogP contribution in [0.25, 0.3) is 0 Å². The topological polar surface area (TPSA) is 93.5 Å². The second kappa shape index (κ2) is 8.20. The second-order valence-electron chi connectivity index (χ2n) is 8.08. The molecule has 3 unspecified atom stereocenters. The number of aromatic nitrogens is 2. The quantitative estimate of drug-likeness (QED) is 0.704. The number of hydrogen-bond acceptors (Lipinski definition) is 5. The first-order valence-electron chi connectivity index (χ1n) is 9.38. The summed E-state index contributed by atoms with van der Waals surface area (Å²) in [5, 5.41) is 10.4. The summed E-state index contributed by atoms with van der Waals surface area (Å²) in [6.07, 6.45) is -0.105. The minimum absolute atomic E-state index is 0.291. The van der Waals surface area contributed by atoms with Crippen LogP contribution in [0.1, 0.15) is 54.2 Å². The standard InChI is InChI=1S/C18H32N2O5Si/c1-11(2)26(12(3)4,13(5)6)24-10-15-14(21)9-17(25-15)20-8-7-16(22)19-18(20)23/h7-8,11-15,17,21H,9-10H2,1-6H3,(H,19,22,23). The van der Waals surface area contributed by atoms with Crippen molar-refractivity contribution in [1.29, 1.82) is 0 Å². The Kier molecular flexibility index (Phi) is 6.65. The van der Waals surface area contributed by atoms with E-state index in [-0.39, 0.29) is 0 Å². The minimum Gasteiger partial charge on any atom is -0.413 e. The predicted octanol–water partition coefficient (Wildman–Crippen LogP) is 2.38. The van der Waals surface area contributed by atoms with Crippen molar-refractivity contribution < 1.29 is 14.3 Å². The fraction of sp³-hybridized carbons (Fsp3) is 0.778. The Hall–Kier alpha value is -1.22. The maximum atomic E-state index is 11.9. The van der Waals surface area contributed by atoms with Crippen molar-refractivity contribution in [2.45, 2.75) is 83.0 Å². The van der Waals surface area contributed by atoms with Gasteiger partial charge in [0.25, 0.3) is 5.56 Å². The van der Waals surface area contributed by atoms with Gasteiger partial charge in [-0.2, -0.15) is 0 Å². The Morgan fingerprint density at radius 2 is 1.81 bits per heavy atom. The van der Waals surface area contributed by atoms with E-state index in [1.165, 1.54) is 16.8 Å². The van der Waals surface area contributed by atoms with Crippen molar-refractivity contribution in [3.05, 3.63) is 33.1 Å². The summed E-state index contributed by atoms with van der Waals surface area (Å²) in [5.41, 5.74) is 0.341. The summed E-state index contributed by atoms with van der Waals surface area (Å²) in [7, 11) is -2.05. The fourth-order valence-corrected chi connectivity index (χ4v) is 9.87. The van der Waals surface area contributed by atoms with Gasteiger partial charge in [-0.3, -0.25) is 14.3 Å². The summed E-state index contributed by atoms with van der Waals surface area (Å²) in [6, 6.07) is 1.27. The van der Waals surface area contributed by atoms with Crippen molar-refractivity contribution in [2.75, 3.05) is 6.61 Å². The van der Waals surface area contributed by atoms with E-state index in [1.807, 2.05) is 0 Å². The Morgan fingerprint density at radius 1 is 1.23 bits per heavy atom. The van der Waals surface area contributed by atoms with Gasteiger partial charge in [-0.25, -0.2) is 4.79 Å². The van der Waals surface area contributed by atoms with Gasteiger partial charge in [-0.05, 0) is 16.6 Å². The lowest BCUT2D eigenvalue weighted by Crippen LogP contribution is -2.49. The zero-order valence-corrected chi connectivity index (χ0v) is 17.6. The molecule has 0 spiro atoms. The number of ether oxygens (including phenoxy) is 1. The zero-order valence-electron chi connectivity index (χ0n) is 16.6. The molecule has 1 aromatic heterocycles. The van der Waals surface area contributed by atoms with E-state index < -0.39 is 38.0 Å². The molecule has 7 nitrogen and oxygen atoms in total. The highest BCUT2D eigenvalue weighted by molar-refractivity contribution is 6.77. The van der Waals surface area contributed by atoms with Crippen molar-refractivity contribution >= 4 is 8.32 Å². The monoisotopic (exact) mass is 384 g/mol. The van der Waals surface area contributed by atoms with E-state index in [0.29, 0.717) is 29.7 Å². The molecule has 2 N–H and O–H groups in total. The third kappa shape index (κ3) is 4.03. The van der Waals surface area contributed by atoms with Gasteiger partial charge < -0.3 is 14.3 Å². The van der Waals surface area contributed by atoms with Crippen LogP contribution in [0.15, 0.2) is 21.9 Å². The van der Waals surface area contributed by atoms with Crippen LogP contribution in [0.3, 0.4) is 0 Å². The number of H-pyrrole nitrogens is 1. The molecule has 1 aliphatic rings. The van der Waals surface area contributed by atoms with Crippen LogP contribution in [0.4, 0.5) is 0 Å². The van der Waals surface area contributed by atoms with Gasteiger partial charge in [0.2, 0.25) is 0 Å². The summed E-state index contributed by atoms with van der Waals surface area (Å²) in [4.78, 5) is 25.4. The molecule has 0 aliphatic carbocycles. The minimum atomic E-state index is -2.05. The maximum Gasteiger partial charge on any atom is 0.330 e. The van der Waals surface area contributed by atoms with Crippen molar-refractivity contribution in [3.63, 3.8) is 0 Å². The molecule has 0 aromatic carbocycles. The van der Waals surface area contributed by atoms with E-state index >= 15 is 0 Å². The van der Waals surface area contributed by atoms with Crippen LogP contribution in [-0.4, -0.2) is 41.8 Å². The Morgan fingerprint density at radius 3 is 2.31 bits per heavy atom. The molecule has 1 aromatic rings. The van der Waals surface area contributed by atoms with E-state index in [2.05, 4.69) is 46.5 Å². The molecule has 2 heterocycles. The lowest BCUT2D eigenvalue weighted by Gasteiger charge is -2.42. The zero-order chi connectivity index (χ0) is 19.6. The molecule has 0 amide bonds. The molecular formula is C18H32N2O5Si. The third-order valence-corrected chi connectivity index (χ3v) is 11.7. The highest BCUT2D eigenvalue weighted by atomic mass is 28.4. The second-order valence-corrected chi connectivity index (χ2v) is 13.5. The number of nitrogens with zero attached hydrogens (tertiary/aromatic N) is 1. The van der Waals surface area contributed by atoms with Crippen LogP contribution in [-0.2, 0) is 9.16 Å². The average Bonchev–Trinajstić information content (AvgIpc) is 2.87. The van der Waals surface area contributed by atoms with Crippen molar-refractivity contribution in [1.82, 2.24) is 9.55 Å². The first-order chi connectivity index (χ1) is 12.1. The lowest BCUT2D eigenvalue weighted by atomic mass is 10.2. The van der Waals surface area contributed by atoms with E-state index in [0.717, 1.165) is 0 Å². The Bertz CT molecular complexity index is 690. The van der Waals surface area contributed by atoms with Gasteiger partial charge in [-0.15, -0.1) is 0 Å². The number of aliphatic hydroxyl groups is 1. The van der Waals surface area contributed by atoms with E-state index in [9.17, 15) is 14.7 Å². The van der Waals surface area contributed by atoms with Gasteiger partial charge in [0, 0.05) is 18.7 Å². The average molecular weight is 385 g/mol. The van der Waals surface area contributed by atoms with Crippen LogP contribution >= 0.6 is 0 Å². The summed E-state index contributed by atoms with van der Waals surface area (Å²) < 4.78 is 13.7. The third-order valence-electron chi connectivity index (χ3n) is 5.57. The largest absolute Gasteiger partial charge is 0.413 e. The van der Waals surface area contributed by atoms with E-state index in [1.54, 1.807) is 0 Å². The van der Waals surface area contributed by atoms with Gasteiger partial charge in [0.05, 0.1) is 12.7 Å². The Balaban J connectivity index is 2.13. The number of rotatable bonds is 7. The molecule has 0 saturated carbocycles. The molecule has 0 radical (unpaired) electrons. The van der Waals surface area contributed by atoms with Crippen molar-refractivity contribution in [3.8, 4) is 0 Å². The molecule has 26 heavy (non-hydrogen) atoms. The molecule has 3 atom stereocenters. The molecule has 8 heteroatoms. The summed E-state index contributed by atoms with van der Waals surface area (Å²) >= 11 is 0. The summed E-state index contributed by atoms with van der Waals surface area (Å²) in [6.45, 7) is 13.6. The molecule has 1 aliphatic heterocycles. The number of nitrogens with one attached hydrogen (secondary N) is 1. The lowest BCUT2D eigenvalue weighted by molar-refractivity contribution is -0.0438. The fourth-order valence-electron chi connectivity index (χ4n) is 4.42. The van der Waals surface area contributed by atoms with Crippen molar-refractivity contribution in [2.24, 2.45) is 0 Å². The van der Waals surface area contributed by atoms with Crippen LogP contribution in [0.5, 0.6) is 0 Å².